The molecule has 1 unspecified atom stereocenters. The van der Waals surface area contributed by atoms with Gasteiger partial charge in [-0.05, 0) is 38.5 Å². The summed E-state index contributed by atoms with van der Waals surface area (Å²) in [7, 11) is 0. The highest BCUT2D eigenvalue weighted by molar-refractivity contribution is 4.78. The predicted octanol–water partition coefficient (Wildman–Crippen LogP) is 2.90. The average Bonchev–Trinajstić information content (AvgIpc) is 2.68. The van der Waals surface area contributed by atoms with Gasteiger partial charge in [-0.15, -0.1) is 0 Å². The summed E-state index contributed by atoms with van der Waals surface area (Å²) in [6, 6.07) is 0.540. The Labute approximate surface area is 101 Å². The first-order valence-corrected chi connectivity index (χ1v) is 6.92. The molecule has 16 heavy (non-hydrogen) atoms. The fourth-order valence-electron chi connectivity index (χ4n) is 2.70. The fourth-order valence-corrected chi connectivity index (χ4v) is 2.70. The highest BCUT2D eigenvalue weighted by Gasteiger charge is 2.25. The summed E-state index contributed by atoms with van der Waals surface area (Å²) in [6.07, 6.45) is 4.98. The predicted molar refractivity (Wildman–Crippen MR) is 69.5 cm³/mol. The molecule has 1 rings (SSSR count). The van der Waals surface area contributed by atoms with Gasteiger partial charge < -0.3 is 5.11 Å². The Morgan fingerprint density at radius 1 is 1.06 bits per heavy atom. The summed E-state index contributed by atoms with van der Waals surface area (Å²) in [5.74, 6) is 1.24. The van der Waals surface area contributed by atoms with Crippen LogP contribution in [0.15, 0.2) is 0 Å². The Morgan fingerprint density at radius 2 is 1.62 bits per heavy atom. The molecule has 1 atom stereocenters. The summed E-state index contributed by atoms with van der Waals surface area (Å²) < 4.78 is 0. The van der Waals surface area contributed by atoms with Crippen molar-refractivity contribution in [3.05, 3.63) is 0 Å². The topological polar surface area (TPSA) is 23.5 Å². The standard InChI is InChI=1S/C14H29NO/c1-11(2)9-15(12(3)4)10-14(16)13-7-5-6-8-13/h11-14,16H,5-10H2,1-4H3. The minimum atomic E-state index is -0.108. The molecule has 1 fully saturated rings. The minimum absolute atomic E-state index is 0.108. The average molecular weight is 227 g/mol. The largest absolute Gasteiger partial charge is 0.392 e. The number of aliphatic hydroxyl groups is 1. The van der Waals surface area contributed by atoms with Crippen LogP contribution in [0.3, 0.4) is 0 Å². The summed E-state index contributed by atoms with van der Waals surface area (Å²) in [4.78, 5) is 2.42. The smallest absolute Gasteiger partial charge is 0.0695 e. The third-order valence-corrected chi connectivity index (χ3v) is 3.70. The van der Waals surface area contributed by atoms with Crippen LogP contribution in [0.5, 0.6) is 0 Å². The fraction of sp³-hybridized carbons (Fsp3) is 1.00. The second-order valence-corrected chi connectivity index (χ2v) is 6.05. The van der Waals surface area contributed by atoms with E-state index in [-0.39, 0.29) is 6.10 Å². The Kier molecular flexibility index (Phi) is 5.77. The van der Waals surface area contributed by atoms with Gasteiger partial charge >= 0.3 is 0 Å². The van der Waals surface area contributed by atoms with Crippen molar-refractivity contribution in [3.8, 4) is 0 Å². The molecule has 2 heteroatoms. The minimum Gasteiger partial charge on any atom is -0.392 e. The van der Waals surface area contributed by atoms with Gasteiger partial charge in [-0.3, -0.25) is 4.90 Å². The zero-order valence-corrected chi connectivity index (χ0v) is 11.4. The number of nitrogens with zero attached hydrogens (tertiary/aromatic N) is 1. The summed E-state index contributed by atoms with van der Waals surface area (Å²) in [5.41, 5.74) is 0. The number of aliphatic hydroxyl groups excluding tert-OH is 1. The molecule has 0 aromatic heterocycles. The molecular formula is C14H29NO. The quantitative estimate of drug-likeness (QED) is 0.754. The van der Waals surface area contributed by atoms with Crippen molar-refractivity contribution < 1.29 is 5.11 Å². The first-order chi connectivity index (χ1) is 7.50. The lowest BCUT2D eigenvalue weighted by Gasteiger charge is -2.32. The van der Waals surface area contributed by atoms with E-state index >= 15 is 0 Å². The van der Waals surface area contributed by atoms with E-state index in [2.05, 4.69) is 32.6 Å². The van der Waals surface area contributed by atoms with Gasteiger partial charge in [-0.1, -0.05) is 26.7 Å². The Bertz CT molecular complexity index is 185. The van der Waals surface area contributed by atoms with E-state index in [1.54, 1.807) is 0 Å². The van der Waals surface area contributed by atoms with Crippen molar-refractivity contribution in [3.63, 3.8) is 0 Å². The van der Waals surface area contributed by atoms with E-state index in [9.17, 15) is 5.11 Å². The molecular weight excluding hydrogens is 198 g/mol. The highest BCUT2D eigenvalue weighted by Crippen LogP contribution is 2.28. The van der Waals surface area contributed by atoms with Crippen molar-refractivity contribution >= 4 is 0 Å². The molecule has 1 aliphatic rings. The Morgan fingerprint density at radius 3 is 2.06 bits per heavy atom. The maximum absolute atomic E-state index is 10.2. The molecule has 0 saturated heterocycles. The molecule has 0 radical (unpaired) electrons. The molecule has 0 heterocycles. The molecule has 96 valence electrons. The molecule has 2 nitrogen and oxygen atoms in total. The molecule has 0 bridgehead atoms. The van der Waals surface area contributed by atoms with Crippen LogP contribution in [-0.2, 0) is 0 Å². The van der Waals surface area contributed by atoms with Gasteiger partial charge in [0.05, 0.1) is 6.10 Å². The van der Waals surface area contributed by atoms with E-state index in [0.29, 0.717) is 17.9 Å². The first kappa shape index (κ1) is 14.0. The summed E-state index contributed by atoms with van der Waals surface area (Å²) in [6.45, 7) is 10.9. The molecule has 0 aromatic rings. The molecule has 1 aliphatic carbocycles. The number of rotatable bonds is 6. The molecule has 1 N–H and O–H groups in total. The highest BCUT2D eigenvalue weighted by atomic mass is 16.3. The second kappa shape index (κ2) is 6.61. The maximum atomic E-state index is 10.2. The molecule has 1 saturated carbocycles. The number of hydrogen-bond acceptors (Lipinski definition) is 2. The van der Waals surface area contributed by atoms with Crippen LogP contribution >= 0.6 is 0 Å². The van der Waals surface area contributed by atoms with Gasteiger partial charge in [-0.2, -0.15) is 0 Å². The van der Waals surface area contributed by atoms with Gasteiger partial charge in [0.1, 0.15) is 0 Å². The Balaban J connectivity index is 2.40. The molecule has 0 aromatic carbocycles. The summed E-state index contributed by atoms with van der Waals surface area (Å²) in [5, 5.41) is 10.2. The van der Waals surface area contributed by atoms with Crippen LogP contribution < -0.4 is 0 Å². The van der Waals surface area contributed by atoms with Crippen LogP contribution in [0.1, 0.15) is 53.4 Å². The van der Waals surface area contributed by atoms with E-state index in [1.807, 2.05) is 0 Å². The SMILES string of the molecule is CC(C)CN(CC(O)C1CCCC1)C(C)C. The lowest BCUT2D eigenvalue weighted by Crippen LogP contribution is -2.41. The van der Waals surface area contributed by atoms with E-state index in [1.165, 1.54) is 25.7 Å². The monoisotopic (exact) mass is 227 g/mol. The second-order valence-electron chi connectivity index (χ2n) is 6.05. The first-order valence-electron chi connectivity index (χ1n) is 6.92. The lowest BCUT2D eigenvalue weighted by molar-refractivity contribution is 0.0491. The third kappa shape index (κ3) is 4.42. The molecule has 0 spiro atoms. The van der Waals surface area contributed by atoms with Crippen LogP contribution in [-0.4, -0.2) is 35.2 Å². The zero-order valence-electron chi connectivity index (χ0n) is 11.4. The molecule has 0 aliphatic heterocycles. The maximum Gasteiger partial charge on any atom is 0.0695 e. The van der Waals surface area contributed by atoms with Crippen LogP contribution in [0.2, 0.25) is 0 Å². The normalized spacial score (nSPS) is 20.2. The summed E-state index contributed by atoms with van der Waals surface area (Å²) >= 11 is 0. The van der Waals surface area contributed by atoms with Gasteiger partial charge in [0.2, 0.25) is 0 Å². The lowest BCUT2D eigenvalue weighted by atomic mass is 9.99. The van der Waals surface area contributed by atoms with E-state index in [0.717, 1.165) is 13.1 Å². The van der Waals surface area contributed by atoms with Gasteiger partial charge in [0, 0.05) is 19.1 Å². The van der Waals surface area contributed by atoms with E-state index in [4.69, 9.17) is 0 Å². The molecule has 0 amide bonds. The van der Waals surface area contributed by atoms with Crippen molar-refractivity contribution in [2.24, 2.45) is 11.8 Å². The van der Waals surface area contributed by atoms with Crippen molar-refractivity contribution in [2.45, 2.75) is 65.5 Å². The van der Waals surface area contributed by atoms with Crippen LogP contribution in [0.25, 0.3) is 0 Å². The van der Waals surface area contributed by atoms with Crippen molar-refractivity contribution in [1.29, 1.82) is 0 Å². The van der Waals surface area contributed by atoms with Gasteiger partial charge in [-0.25, -0.2) is 0 Å². The third-order valence-electron chi connectivity index (χ3n) is 3.70. The van der Waals surface area contributed by atoms with Crippen LogP contribution in [0, 0.1) is 11.8 Å². The van der Waals surface area contributed by atoms with Crippen LogP contribution in [0.4, 0.5) is 0 Å². The Hall–Kier alpha value is -0.0800. The number of hydrogen-bond donors (Lipinski definition) is 1. The van der Waals surface area contributed by atoms with Crippen molar-refractivity contribution in [1.82, 2.24) is 4.90 Å². The van der Waals surface area contributed by atoms with Gasteiger partial charge in [0.15, 0.2) is 0 Å². The van der Waals surface area contributed by atoms with E-state index < -0.39 is 0 Å². The van der Waals surface area contributed by atoms with Gasteiger partial charge in [0.25, 0.3) is 0 Å². The zero-order chi connectivity index (χ0) is 12.1. The van der Waals surface area contributed by atoms with Crippen molar-refractivity contribution in [2.75, 3.05) is 13.1 Å².